The summed E-state index contributed by atoms with van der Waals surface area (Å²) in [7, 11) is 0. The van der Waals surface area contributed by atoms with Gasteiger partial charge in [-0.05, 0) is 12.1 Å². The number of hydrogen-bond acceptors (Lipinski definition) is 6. The van der Waals surface area contributed by atoms with Gasteiger partial charge in [-0.3, -0.25) is 14.9 Å². The zero-order valence-electron chi connectivity index (χ0n) is 11.1. The number of hydrogen-bond donors (Lipinski definition) is 1. The minimum Gasteiger partial charge on any atom is -0.481 e. The van der Waals surface area contributed by atoms with E-state index in [0.29, 0.717) is 18.8 Å². The van der Waals surface area contributed by atoms with Crippen molar-refractivity contribution in [2.75, 3.05) is 24.7 Å². The molecule has 8 nitrogen and oxygen atoms in total. The molecule has 0 aliphatic carbocycles. The molecule has 21 heavy (non-hydrogen) atoms. The normalized spacial score (nSPS) is 18.0. The summed E-state index contributed by atoms with van der Waals surface area (Å²) in [5.41, 5.74) is 0.286. The first kappa shape index (κ1) is 14.7. The highest BCUT2D eigenvalue weighted by molar-refractivity contribution is 5.69. The average molecular weight is 291 g/mol. The predicted octanol–water partition coefficient (Wildman–Crippen LogP) is 1.15. The van der Waals surface area contributed by atoms with Crippen molar-refractivity contribution in [3.63, 3.8) is 0 Å². The van der Waals surface area contributed by atoms with E-state index >= 15 is 0 Å². The second kappa shape index (κ2) is 6.19. The van der Waals surface area contributed by atoms with Crippen LogP contribution in [0.2, 0.25) is 0 Å². The third-order valence-electron chi connectivity index (χ3n) is 3.27. The van der Waals surface area contributed by atoms with Crippen LogP contribution in [0.1, 0.15) is 12.0 Å². The highest BCUT2D eigenvalue weighted by atomic mass is 16.6. The van der Waals surface area contributed by atoms with Gasteiger partial charge in [-0.15, -0.1) is 0 Å². The lowest BCUT2D eigenvalue weighted by atomic mass is 10.1. The van der Waals surface area contributed by atoms with Crippen LogP contribution in [0.3, 0.4) is 0 Å². The van der Waals surface area contributed by atoms with Crippen LogP contribution in [0.25, 0.3) is 0 Å². The molecule has 0 bridgehead atoms. The predicted molar refractivity (Wildman–Crippen MR) is 72.0 cm³/mol. The SMILES string of the molecule is N#Cc1cc(N2CCOCC2CC(=O)O)ccc1[N+](=O)[O-]. The van der Waals surface area contributed by atoms with Gasteiger partial charge in [0, 0.05) is 18.3 Å². The van der Waals surface area contributed by atoms with Gasteiger partial charge in [-0.1, -0.05) is 0 Å². The number of carboxylic acid groups (broad SMARTS) is 1. The lowest BCUT2D eigenvalue weighted by Gasteiger charge is -2.36. The third-order valence-corrected chi connectivity index (χ3v) is 3.27. The number of nitriles is 1. The summed E-state index contributed by atoms with van der Waals surface area (Å²) in [6, 6.07) is 5.65. The molecule has 1 aliphatic heterocycles. The Morgan fingerprint density at radius 1 is 1.62 bits per heavy atom. The van der Waals surface area contributed by atoms with Crippen LogP contribution in [0.4, 0.5) is 11.4 Å². The number of anilines is 1. The van der Waals surface area contributed by atoms with Crippen molar-refractivity contribution in [1.82, 2.24) is 0 Å². The lowest BCUT2D eigenvalue weighted by molar-refractivity contribution is -0.385. The number of aliphatic carboxylic acids is 1. The Hall–Kier alpha value is -2.66. The molecular formula is C13H13N3O5. The van der Waals surface area contributed by atoms with Gasteiger partial charge < -0.3 is 14.7 Å². The van der Waals surface area contributed by atoms with Gasteiger partial charge in [0.1, 0.15) is 11.6 Å². The molecule has 2 rings (SSSR count). The van der Waals surface area contributed by atoms with Gasteiger partial charge in [0.05, 0.1) is 30.6 Å². The second-order valence-corrected chi connectivity index (χ2v) is 4.59. The van der Waals surface area contributed by atoms with Crippen molar-refractivity contribution in [1.29, 1.82) is 5.26 Å². The first-order valence-corrected chi connectivity index (χ1v) is 6.27. The molecule has 8 heteroatoms. The number of carbonyl (C=O) groups is 1. The molecule has 1 unspecified atom stereocenters. The summed E-state index contributed by atoms with van der Waals surface area (Å²) >= 11 is 0. The van der Waals surface area contributed by atoms with Crippen molar-refractivity contribution in [3.05, 3.63) is 33.9 Å². The average Bonchev–Trinajstić information content (AvgIpc) is 2.46. The molecule has 0 spiro atoms. The first-order chi connectivity index (χ1) is 10.0. The number of nitrogens with zero attached hydrogens (tertiary/aromatic N) is 3. The standard InChI is InChI=1S/C13H13N3O5/c14-7-9-5-10(1-2-12(9)16(19)20)15-3-4-21-8-11(15)6-13(17)18/h1-2,5,11H,3-4,6,8H2,(H,17,18). The van der Waals surface area contributed by atoms with Crippen molar-refractivity contribution < 1.29 is 19.6 Å². The van der Waals surface area contributed by atoms with Crippen molar-refractivity contribution in [2.24, 2.45) is 0 Å². The summed E-state index contributed by atoms with van der Waals surface area (Å²) in [5.74, 6) is -0.946. The van der Waals surface area contributed by atoms with Crippen LogP contribution in [0.5, 0.6) is 0 Å². The Morgan fingerprint density at radius 2 is 2.38 bits per heavy atom. The lowest BCUT2D eigenvalue weighted by Crippen LogP contribution is -2.46. The summed E-state index contributed by atoms with van der Waals surface area (Å²) in [4.78, 5) is 22.9. The highest BCUT2D eigenvalue weighted by Gasteiger charge is 2.27. The molecule has 110 valence electrons. The summed E-state index contributed by atoms with van der Waals surface area (Å²) in [6.45, 7) is 1.18. The Bertz CT molecular complexity index is 610. The van der Waals surface area contributed by atoms with Crippen LogP contribution in [0.15, 0.2) is 18.2 Å². The highest BCUT2D eigenvalue weighted by Crippen LogP contribution is 2.27. The minimum absolute atomic E-state index is 0.0435. The van der Waals surface area contributed by atoms with Crippen molar-refractivity contribution >= 4 is 17.3 Å². The van der Waals surface area contributed by atoms with E-state index in [1.165, 1.54) is 18.2 Å². The zero-order valence-corrected chi connectivity index (χ0v) is 11.1. The minimum atomic E-state index is -0.946. The maximum absolute atomic E-state index is 10.9. The van der Waals surface area contributed by atoms with E-state index in [1.54, 1.807) is 6.07 Å². The van der Waals surface area contributed by atoms with Crippen molar-refractivity contribution in [3.8, 4) is 6.07 Å². The number of benzene rings is 1. The van der Waals surface area contributed by atoms with E-state index in [0.717, 1.165) is 0 Å². The van der Waals surface area contributed by atoms with Gasteiger partial charge in [-0.25, -0.2) is 0 Å². The third kappa shape index (κ3) is 3.27. The molecular weight excluding hydrogens is 278 g/mol. The monoisotopic (exact) mass is 291 g/mol. The first-order valence-electron chi connectivity index (χ1n) is 6.27. The Kier molecular flexibility index (Phi) is 4.35. The number of carboxylic acids is 1. The molecule has 1 heterocycles. The Balaban J connectivity index is 2.33. The fraction of sp³-hybridized carbons (Fsp3) is 0.385. The van der Waals surface area contributed by atoms with Gasteiger partial charge in [-0.2, -0.15) is 5.26 Å². The van der Waals surface area contributed by atoms with Crippen LogP contribution >= 0.6 is 0 Å². The zero-order chi connectivity index (χ0) is 15.4. The molecule has 0 radical (unpaired) electrons. The summed E-state index contributed by atoms with van der Waals surface area (Å²) in [6.07, 6.45) is -0.0983. The number of nitro groups is 1. The molecule has 1 aliphatic rings. The fourth-order valence-corrected chi connectivity index (χ4v) is 2.32. The van der Waals surface area contributed by atoms with Gasteiger partial charge >= 0.3 is 5.97 Å². The van der Waals surface area contributed by atoms with Gasteiger partial charge in [0.2, 0.25) is 0 Å². The second-order valence-electron chi connectivity index (χ2n) is 4.59. The van der Waals surface area contributed by atoms with Crippen LogP contribution < -0.4 is 4.90 Å². The van der Waals surface area contributed by atoms with Crippen LogP contribution in [-0.4, -0.2) is 41.8 Å². The molecule has 0 amide bonds. The van der Waals surface area contributed by atoms with E-state index in [2.05, 4.69) is 0 Å². The van der Waals surface area contributed by atoms with Gasteiger partial charge in [0.25, 0.3) is 5.69 Å². The number of morpholine rings is 1. The number of nitro benzene ring substituents is 1. The van der Waals surface area contributed by atoms with Crippen molar-refractivity contribution in [2.45, 2.75) is 12.5 Å². The molecule has 1 atom stereocenters. The molecule has 1 aromatic carbocycles. The quantitative estimate of drug-likeness (QED) is 0.653. The number of rotatable bonds is 4. The van der Waals surface area contributed by atoms with E-state index < -0.39 is 10.9 Å². The topological polar surface area (TPSA) is 117 Å². The molecule has 0 aromatic heterocycles. The van der Waals surface area contributed by atoms with E-state index in [-0.39, 0.29) is 30.3 Å². The maximum atomic E-state index is 10.9. The van der Waals surface area contributed by atoms with Gasteiger partial charge in [0.15, 0.2) is 0 Å². The Labute approximate surface area is 120 Å². The molecule has 1 saturated heterocycles. The number of ether oxygens (including phenoxy) is 1. The molecule has 1 aromatic rings. The van der Waals surface area contributed by atoms with E-state index in [9.17, 15) is 14.9 Å². The molecule has 1 fully saturated rings. The summed E-state index contributed by atoms with van der Waals surface area (Å²) < 4.78 is 5.27. The van der Waals surface area contributed by atoms with Crippen LogP contribution in [-0.2, 0) is 9.53 Å². The maximum Gasteiger partial charge on any atom is 0.305 e. The molecule has 1 N–H and O–H groups in total. The van der Waals surface area contributed by atoms with E-state index in [1.807, 2.05) is 4.90 Å². The Morgan fingerprint density at radius 3 is 3.00 bits per heavy atom. The summed E-state index contributed by atoms with van der Waals surface area (Å²) in [5, 5.41) is 28.8. The van der Waals surface area contributed by atoms with E-state index in [4.69, 9.17) is 15.1 Å². The fourth-order valence-electron chi connectivity index (χ4n) is 2.32. The smallest absolute Gasteiger partial charge is 0.305 e. The largest absolute Gasteiger partial charge is 0.481 e. The molecule has 0 saturated carbocycles. The van der Waals surface area contributed by atoms with Crippen LogP contribution in [0, 0.1) is 21.4 Å².